The number of aromatic nitrogens is 4. The highest BCUT2D eigenvalue weighted by atomic mass is 16.7. The lowest BCUT2D eigenvalue weighted by Gasteiger charge is -2.35. The molecule has 5 heterocycles. The highest BCUT2D eigenvalue weighted by Gasteiger charge is 2.41. The normalized spacial score (nSPS) is 26.6. The van der Waals surface area contributed by atoms with Crippen molar-refractivity contribution in [1.29, 1.82) is 0 Å². The van der Waals surface area contributed by atoms with Gasteiger partial charge in [-0.15, -0.1) is 0 Å². The molecule has 9 heteroatoms. The molecule has 0 amide bonds. The zero-order valence-electron chi connectivity index (χ0n) is 19.2. The van der Waals surface area contributed by atoms with Gasteiger partial charge >= 0.3 is 0 Å². The van der Waals surface area contributed by atoms with Gasteiger partial charge in [-0.05, 0) is 49.9 Å². The first-order valence-corrected chi connectivity index (χ1v) is 12.5. The molecule has 3 aromatic rings. The number of rotatable bonds is 3. The summed E-state index contributed by atoms with van der Waals surface area (Å²) < 4.78 is 20.1. The number of hydrogen-bond acceptors (Lipinski definition) is 8. The summed E-state index contributed by atoms with van der Waals surface area (Å²) in [7, 11) is 0. The van der Waals surface area contributed by atoms with Crippen molar-refractivity contribution in [3.8, 4) is 11.4 Å². The summed E-state index contributed by atoms with van der Waals surface area (Å²) in [5.74, 6) is 1.28. The molecule has 178 valence electrons. The van der Waals surface area contributed by atoms with Gasteiger partial charge in [-0.3, -0.25) is 0 Å². The SMILES string of the molecule is Nc1ccc(-c2nc(N3C[C@@H]4CC[C@@H](C3)O4)c3cnn(C4CCC5(CC4)OCCO5)c3n2)cc1. The van der Waals surface area contributed by atoms with Gasteiger partial charge in [-0.2, -0.15) is 5.10 Å². The van der Waals surface area contributed by atoms with E-state index in [1.54, 1.807) is 0 Å². The Labute approximate surface area is 198 Å². The molecule has 2 N–H and O–H groups in total. The standard InChI is InChI=1S/C25H30N6O3/c26-17-3-1-16(2-4-17)22-28-23(30-14-19-5-6-20(15-30)34-19)21-13-27-31(24(21)29-22)18-7-9-25(10-8-18)32-11-12-33-25/h1-4,13,18-20H,5-12,14-15,26H2/t19-,20-/m0/s1. The van der Waals surface area contributed by atoms with Crippen LogP contribution >= 0.6 is 0 Å². The Morgan fingerprint density at radius 1 is 0.912 bits per heavy atom. The molecule has 2 atom stereocenters. The Kier molecular flexibility index (Phi) is 4.79. The largest absolute Gasteiger partial charge is 0.399 e. The van der Waals surface area contributed by atoms with Crippen LogP contribution in [0.2, 0.25) is 0 Å². The summed E-state index contributed by atoms with van der Waals surface area (Å²) in [6, 6.07) is 8.04. The molecule has 0 radical (unpaired) electrons. The van der Waals surface area contributed by atoms with E-state index < -0.39 is 0 Å². The summed E-state index contributed by atoms with van der Waals surface area (Å²) >= 11 is 0. The van der Waals surface area contributed by atoms with E-state index in [4.69, 9.17) is 35.0 Å². The van der Waals surface area contributed by atoms with Crippen LogP contribution in [0.15, 0.2) is 30.5 Å². The van der Waals surface area contributed by atoms with Crippen LogP contribution in [-0.2, 0) is 14.2 Å². The lowest BCUT2D eigenvalue weighted by molar-refractivity contribution is -0.181. The molecule has 2 aromatic heterocycles. The smallest absolute Gasteiger partial charge is 0.168 e. The van der Waals surface area contributed by atoms with Gasteiger partial charge < -0.3 is 24.8 Å². The number of benzene rings is 1. The predicted octanol–water partition coefficient (Wildman–Crippen LogP) is 3.30. The zero-order chi connectivity index (χ0) is 22.7. The van der Waals surface area contributed by atoms with Crippen molar-refractivity contribution in [2.45, 2.75) is 62.6 Å². The Morgan fingerprint density at radius 3 is 2.32 bits per heavy atom. The van der Waals surface area contributed by atoms with Gasteiger partial charge in [0.05, 0.1) is 43.0 Å². The molecule has 4 aliphatic rings. The molecule has 3 aliphatic heterocycles. The maximum Gasteiger partial charge on any atom is 0.168 e. The number of nitrogens with two attached hydrogens (primary N) is 1. The lowest BCUT2D eigenvalue weighted by atomic mass is 9.90. The molecule has 9 nitrogen and oxygen atoms in total. The number of ether oxygens (including phenoxy) is 3. The van der Waals surface area contributed by atoms with Gasteiger partial charge in [0, 0.05) is 37.2 Å². The van der Waals surface area contributed by atoms with E-state index in [0.717, 1.165) is 79.7 Å². The number of anilines is 2. The maximum atomic E-state index is 6.09. The molecule has 3 saturated heterocycles. The second kappa shape index (κ2) is 7.90. The average Bonchev–Trinajstić information content (AvgIpc) is 3.58. The molecule has 2 bridgehead atoms. The van der Waals surface area contributed by atoms with Crippen LogP contribution in [0.25, 0.3) is 22.4 Å². The fourth-order valence-corrected chi connectivity index (χ4v) is 6.04. The van der Waals surface area contributed by atoms with Crippen LogP contribution in [0.4, 0.5) is 11.5 Å². The predicted molar refractivity (Wildman–Crippen MR) is 127 cm³/mol. The first-order chi connectivity index (χ1) is 16.7. The number of hydrogen-bond donors (Lipinski definition) is 1. The third kappa shape index (κ3) is 3.45. The molecule has 34 heavy (non-hydrogen) atoms. The highest BCUT2D eigenvalue weighted by molar-refractivity contribution is 5.89. The summed E-state index contributed by atoms with van der Waals surface area (Å²) in [4.78, 5) is 12.5. The molecule has 1 aromatic carbocycles. The van der Waals surface area contributed by atoms with Gasteiger partial charge in [-0.1, -0.05) is 0 Å². The van der Waals surface area contributed by atoms with Crippen molar-refractivity contribution in [1.82, 2.24) is 19.7 Å². The Balaban J connectivity index is 1.29. The monoisotopic (exact) mass is 462 g/mol. The summed E-state index contributed by atoms with van der Waals surface area (Å²) in [5, 5.41) is 5.86. The molecule has 1 spiro atoms. The Hall–Kier alpha value is -2.75. The van der Waals surface area contributed by atoms with E-state index in [0.29, 0.717) is 19.0 Å². The van der Waals surface area contributed by atoms with Crippen molar-refractivity contribution < 1.29 is 14.2 Å². The molecule has 1 saturated carbocycles. The highest BCUT2D eigenvalue weighted by Crippen LogP contribution is 2.42. The van der Waals surface area contributed by atoms with Gasteiger partial charge in [0.15, 0.2) is 17.3 Å². The van der Waals surface area contributed by atoms with E-state index in [1.165, 1.54) is 0 Å². The first kappa shape index (κ1) is 20.6. The summed E-state index contributed by atoms with van der Waals surface area (Å²) in [6.45, 7) is 3.10. The number of nitrogens with zero attached hydrogens (tertiary/aromatic N) is 5. The second-order valence-corrected chi connectivity index (χ2v) is 10.0. The van der Waals surface area contributed by atoms with Crippen molar-refractivity contribution >= 4 is 22.5 Å². The minimum absolute atomic E-state index is 0.263. The fraction of sp³-hybridized carbons (Fsp3) is 0.560. The van der Waals surface area contributed by atoms with E-state index in [1.807, 2.05) is 30.5 Å². The topological polar surface area (TPSA) is 101 Å². The zero-order valence-corrected chi connectivity index (χ0v) is 19.2. The number of fused-ring (bicyclic) bond motifs is 3. The lowest BCUT2D eigenvalue weighted by Crippen LogP contribution is -2.43. The van der Waals surface area contributed by atoms with Crippen LogP contribution in [0, 0.1) is 0 Å². The van der Waals surface area contributed by atoms with Gasteiger partial charge in [0.1, 0.15) is 5.82 Å². The van der Waals surface area contributed by atoms with Crippen LogP contribution in [-0.4, -0.2) is 64.0 Å². The molecular formula is C25H30N6O3. The second-order valence-electron chi connectivity index (χ2n) is 10.0. The van der Waals surface area contributed by atoms with Gasteiger partial charge in [-0.25, -0.2) is 14.6 Å². The van der Waals surface area contributed by atoms with E-state index in [2.05, 4.69) is 9.58 Å². The molecule has 7 rings (SSSR count). The third-order valence-corrected chi connectivity index (χ3v) is 7.82. The van der Waals surface area contributed by atoms with Crippen LogP contribution in [0.1, 0.15) is 44.6 Å². The van der Waals surface area contributed by atoms with Crippen molar-refractivity contribution in [2.75, 3.05) is 36.9 Å². The van der Waals surface area contributed by atoms with Crippen LogP contribution in [0.5, 0.6) is 0 Å². The first-order valence-electron chi connectivity index (χ1n) is 12.5. The fourth-order valence-electron chi connectivity index (χ4n) is 6.04. The number of nitrogen functional groups attached to an aromatic ring is 1. The van der Waals surface area contributed by atoms with E-state index >= 15 is 0 Å². The van der Waals surface area contributed by atoms with Crippen molar-refractivity contribution in [2.24, 2.45) is 0 Å². The summed E-state index contributed by atoms with van der Waals surface area (Å²) in [5.41, 5.74) is 8.51. The number of morpholine rings is 1. The minimum Gasteiger partial charge on any atom is -0.399 e. The molecule has 0 unspecified atom stereocenters. The summed E-state index contributed by atoms with van der Waals surface area (Å²) in [6.07, 6.45) is 8.41. The Bertz CT molecular complexity index is 1180. The van der Waals surface area contributed by atoms with Gasteiger partial charge in [0.2, 0.25) is 0 Å². The van der Waals surface area contributed by atoms with E-state index in [-0.39, 0.29) is 24.0 Å². The van der Waals surface area contributed by atoms with Crippen molar-refractivity contribution in [3.05, 3.63) is 30.5 Å². The average molecular weight is 463 g/mol. The quantitative estimate of drug-likeness (QED) is 0.592. The van der Waals surface area contributed by atoms with Gasteiger partial charge in [0.25, 0.3) is 0 Å². The van der Waals surface area contributed by atoms with Crippen LogP contribution in [0.3, 0.4) is 0 Å². The third-order valence-electron chi connectivity index (χ3n) is 7.82. The maximum absolute atomic E-state index is 6.09. The van der Waals surface area contributed by atoms with E-state index in [9.17, 15) is 0 Å². The Morgan fingerprint density at radius 2 is 1.62 bits per heavy atom. The molecule has 4 fully saturated rings. The minimum atomic E-state index is -0.387. The molecular weight excluding hydrogens is 432 g/mol. The van der Waals surface area contributed by atoms with Crippen LogP contribution < -0.4 is 10.6 Å². The molecule has 1 aliphatic carbocycles. The van der Waals surface area contributed by atoms with Crippen molar-refractivity contribution in [3.63, 3.8) is 0 Å².